The van der Waals surface area contributed by atoms with E-state index < -0.39 is 31.8 Å². The minimum absolute atomic E-state index is 0.00392. The molecule has 2 N–H and O–H groups in total. The lowest BCUT2D eigenvalue weighted by molar-refractivity contribution is -0.137. The third-order valence-corrected chi connectivity index (χ3v) is 6.90. The zero-order valence-electron chi connectivity index (χ0n) is 16.2. The third-order valence-electron chi connectivity index (χ3n) is 4.20. The smallest absolute Gasteiger partial charge is 0.280 e. The van der Waals surface area contributed by atoms with Gasteiger partial charge < -0.3 is 0 Å². The van der Waals surface area contributed by atoms with Crippen molar-refractivity contribution in [1.82, 2.24) is 9.78 Å². The van der Waals surface area contributed by atoms with Crippen LogP contribution in [0.1, 0.15) is 11.1 Å². The van der Waals surface area contributed by atoms with Crippen molar-refractivity contribution in [2.45, 2.75) is 22.9 Å². The van der Waals surface area contributed by atoms with E-state index in [0.717, 1.165) is 24.4 Å². The van der Waals surface area contributed by atoms with Crippen LogP contribution in [0.3, 0.4) is 0 Å². The molecule has 1 heterocycles. The van der Waals surface area contributed by atoms with E-state index in [1.807, 2.05) is 0 Å². The van der Waals surface area contributed by atoms with E-state index in [-0.39, 0.29) is 21.2 Å². The van der Waals surface area contributed by atoms with Crippen LogP contribution in [0.25, 0.3) is 0 Å². The Hall–Kier alpha value is -3.06. The molecule has 3 aromatic rings. The Kier molecular flexibility index (Phi) is 5.76. The Morgan fingerprint density at radius 3 is 2.23 bits per heavy atom. The summed E-state index contributed by atoms with van der Waals surface area (Å²) in [6.45, 7) is 1.57. The van der Waals surface area contributed by atoms with Gasteiger partial charge in [0.2, 0.25) is 0 Å². The fraction of sp³-hybridized carbons (Fsp3) is 0.167. The minimum Gasteiger partial charge on any atom is -0.280 e. The van der Waals surface area contributed by atoms with E-state index in [2.05, 4.69) is 14.5 Å². The highest BCUT2D eigenvalue weighted by atomic mass is 32.2. The maximum absolute atomic E-state index is 12.9. The normalized spacial score (nSPS) is 12.5. The maximum atomic E-state index is 12.9. The summed E-state index contributed by atoms with van der Waals surface area (Å²) in [6.07, 6.45) is -2.23. The molecule has 13 heteroatoms. The summed E-state index contributed by atoms with van der Waals surface area (Å²) in [4.78, 5) is -0.454. The number of alkyl halides is 3. The average Bonchev–Trinajstić information content (AvgIpc) is 3.10. The van der Waals surface area contributed by atoms with E-state index >= 15 is 0 Å². The van der Waals surface area contributed by atoms with Crippen LogP contribution in [0, 0.1) is 6.92 Å². The molecular weight excluding hydrogens is 457 g/mol. The number of aryl methyl sites for hydroxylation is 2. The zero-order valence-corrected chi connectivity index (χ0v) is 17.8. The van der Waals surface area contributed by atoms with E-state index in [4.69, 9.17) is 0 Å². The molecule has 0 atom stereocenters. The van der Waals surface area contributed by atoms with Crippen molar-refractivity contribution in [2.75, 3.05) is 9.44 Å². The Bertz CT molecular complexity index is 1330. The summed E-state index contributed by atoms with van der Waals surface area (Å²) < 4.78 is 94.7. The van der Waals surface area contributed by atoms with E-state index in [1.54, 1.807) is 6.92 Å². The second kappa shape index (κ2) is 7.89. The van der Waals surface area contributed by atoms with Crippen LogP contribution in [0.4, 0.5) is 24.5 Å². The molecule has 0 saturated carbocycles. The van der Waals surface area contributed by atoms with Crippen molar-refractivity contribution in [3.63, 3.8) is 0 Å². The number of aromatic nitrogens is 2. The number of hydrogen-bond donors (Lipinski definition) is 2. The summed E-state index contributed by atoms with van der Waals surface area (Å²) in [7, 11) is -6.79. The van der Waals surface area contributed by atoms with Gasteiger partial charge in [0.25, 0.3) is 20.0 Å². The lowest BCUT2D eigenvalue weighted by Gasteiger charge is -2.14. The number of benzene rings is 2. The number of rotatable bonds is 6. The molecule has 0 amide bonds. The highest BCUT2D eigenvalue weighted by Crippen LogP contribution is 2.31. The van der Waals surface area contributed by atoms with Crippen molar-refractivity contribution in [1.29, 1.82) is 0 Å². The van der Waals surface area contributed by atoms with Crippen molar-refractivity contribution < 1.29 is 30.0 Å². The quantitative estimate of drug-likeness (QED) is 0.569. The third kappa shape index (κ3) is 5.17. The predicted molar refractivity (Wildman–Crippen MR) is 107 cm³/mol. The van der Waals surface area contributed by atoms with Crippen LogP contribution in [0.15, 0.2) is 64.6 Å². The summed E-state index contributed by atoms with van der Waals surface area (Å²) in [5.41, 5.74) is -0.865. The topological polar surface area (TPSA) is 110 Å². The summed E-state index contributed by atoms with van der Waals surface area (Å²) in [6, 6.07) is 7.40. The zero-order chi connectivity index (χ0) is 23.0. The van der Waals surface area contributed by atoms with E-state index in [9.17, 15) is 30.0 Å². The molecule has 0 unspecified atom stereocenters. The fourth-order valence-corrected chi connectivity index (χ4v) is 4.77. The van der Waals surface area contributed by atoms with Crippen LogP contribution in [-0.2, 0) is 33.3 Å². The van der Waals surface area contributed by atoms with Crippen molar-refractivity contribution >= 4 is 31.4 Å². The summed E-state index contributed by atoms with van der Waals surface area (Å²) in [5.74, 6) is 0. The number of halogens is 3. The second-order valence-corrected chi connectivity index (χ2v) is 9.98. The SMILES string of the molecule is Cc1ccc(S(=O)(=O)Nc2cccc(C(F)(F)F)c2)cc1NS(=O)(=O)c1cnn(C)c1. The average molecular weight is 474 g/mol. The molecule has 0 bridgehead atoms. The van der Waals surface area contributed by atoms with Crippen LogP contribution in [-0.4, -0.2) is 26.6 Å². The first-order valence-corrected chi connectivity index (χ1v) is 11.6. The minimum atomic E-state index is -4.64. The van der Waals surface area contributed by atoms with Gasteiger partial charge in [-0.1, -0.05) is 12.1 Å². The molecule has 3 rings (SSSR count). The molecule has 31 heavy (non-hydrogen) atoms. The molecule has 166 valence electrons. The monoisotopic (exact) mass is 474 g/mol. The van der Waals surface area contributed by atoms with Gasteiger partial charge in [0.1, 0.15) is 4.90 Å². The number of anilines is 2. The van der Waals surface area contributed by atoms with Crippen LogP contribution in [0.2, 0.25) is 0 Å². The van der Waals surface area contributed by atoms with Crippen LogP contribution >= 0.6 is 0 Å². The second-order valence-electron chi connectivity index (χ2n) is 6.62. The molecule has 0 aliphatic carbocycles. The first-order valence-electron chi connectivity index (χ1n) is 8.60. The first-order chi connectivity index (χ1) is 14.3. The Morgan fingerprint density at radius 2 is 1.61 bits per heavy atom. The van der Waals surface area contributed by atoms with Gasteiger partial charge in [0.05, 0.1) is 22.3 Å². The molecular formula is C18H17F3N4O4S2. The van der Waals surface area contributed by atoms with E-state index in [0.29, 0.717) is 11.6 Å². The van der Waals surface area contributed by atoms with Crippen LogP contribution < -0.4 is 9.44 Å². The molecule has 8 nitrogen and oxygen atoms in total. The van der Waals surface area contributed by atoms with Gasteiger partial charge in [0.15, 0.2) is 0 Å². The highest BCUT2D eigenvalue weighted by Gasteiger charge is 2.31. The van der Waals surface area contributed by atoms with Gasteiger partial charge in [-0.2, -0.15) is 18.3 Å². The number of nitrogens with zero attached hydrogens (tertiary/aromatic N) is 2. The maximum Gasteiger partial charge on any atom is 0.416 e. The van der Waals surface area contributed by atoms with Gasteiger partial charge >= 0.3 is 6.18 Å². The summed E-state index contributed by atoms with van der Waals surface area (Å²) >= 11 is 0. The molecule has 0 fully saturated rings. The van der Waals surface area contributed by atoms with E-state index in [1.165, 1.54) is 36.1 Å². The Labute approximate surface area is 176 Å². The molecule has 0 radical (unpaired) electrons. The molecule has 0 aliphatic rings. The fourth-order valence-electron chi connectivity index (χ4n) is 2.59. The number of sulfonamides is 2. The van der Waals surface area contributed by atoms with Crippen LogP contribution in [0.5, 0.6) is 0 Å². The number of hydrogen-bond acceptors (Lipinski definition) is 5. The molecule has 0 aliphatic heterocycles. The number of nitrogens with one attached hydrogen (secondary N) is 2. The predicted octanol–water partition coefficient (Wildman–Crippen LogP) is 3.35. The standard InChI is InChI=1S/C18H17F3N4O4S2/c1-12-6-7-15(9-17(12)24-31(28,29)16-10-22-25(2)11-16)30(26,27)23-14-5-3-4-13(8-14)18(19,20)21/h3-11,23-24H,1-2H3. The van der Waals surface area contributed by atoms with Gasteiger partial charge in [-0.25, -0.2) is 16.8 Å². The van der Waals surface area contributed by atoms with Gasteiger partial charge in [0, 0.05) is 18.9 Å². The highest BCUT2D eigenvalue weighted by molar-refractivity contribution is 7.93. The van der Waals surface area contributed by atoms with Gasteiger partial charge in [-0.3, -0.25) is 14.1 Å². The van der Waals surface area contributed by atoms with Crippen molar-refractivity contribution in [3.05, 3.63) is 66.0 Å². The molecule has 2 aromatic carbocycles. The Balaban J connectivity index is 1.91. The molecule has 0 spiro atoms. The van der Waals surface area contributed by atoms with Crippen molar-refractivity contribution in [3.8, 4) is 0 Å². The lowest BCUT2D eigenvalue weighted by atomic mass is 10.2. The molecule has 1 aromatic heterocycles. The summed E-state index contributed by atoms with van der Waals surface area (Å²) in [5, 5.41) is 3.79. The van der Waals surface area contributed by atoms with Gasteiger partial charge in [-0.05, 0) is 42.8 Å². The Morgan fingerprint density at radius 1 is 0.935 bits per heavy atom. The largest absolute Gasteiger partial charge is 0.416 e. The first kappa shape index (κ1) is 22.6. The van der Waals surface area contributed by atoms with Crippen molar-refractivity contribution in [2.24, 2.45) is 7.05 Å². The van der Waals surface area contributed by atoms with Gasteiger partial charge in [-0.15, -0.1) is 0 Å². The molecule has 0 saturated heterocycles. The lowest BCUT2D eigenvalue weighted by Crippen LogP contribution is -2.16.